The fraction of sp³-hybridized carbons (Fsp3) is 0.396. The topological polar surface area (TPSA) is 162 Å². The highest BCUT2D eigenvalue weighted by atomic mass is 16.6. The van der Waals surface area contributed by atoms with Crippen molar-refractivity contribution in [2.75, 3.05) is 39.3 Å². The van der Waals surface area contributed by atoms with Crippen LogP contribution in [0.15, 0.2) is 108 Å². The number of aromatic amines is 1. The Balaban J connectivity index is 0.771. The first-order valence-corrected chi connectivity index (χ1v) is 21.2. The van der Waals surface area contributed by atoms with Gasteiger partial charge in [0.2, 0.25) is 5.56 Å². The summed E-state index contributed by atoms with van der Waals surface area (Å²) in [4.78, 5) is 43.1. The largest absolute Gasteiger partial charge is 0.506 e. The third-order valence-electron chi connectivity index (χ3n) is 12.6. The van der Waals surface area contributed by atoms with Gasteiger partial charge >= 0.3 is 12.1 Å². The number of carbonyl (C=O) groups is 2. The summed E-state index contributed by atoms with van der Waals surface area (Å²) < 4.78 is 18.1. The Kier molecular flexibility index (Phi) is 12.8. The number of rotatable bonds is 15. The van der Waals surface area contributed by atoms with Crippen LogP contribution in [0.2, 0.25) is 0 Å². The Morgan fingerprint density at radius 3 is 2.30 bits per heavy atom. The molecule has 3 saturated heterocycles. The number of ether oxygens (including phenoxy) is 3. The number of pyridine rings is 1. The van der Waals surface area contributed by atoms with Gasteiger partial charge in [0.25, 0.3) is 0 Å². The van der Waals surface area contributed by atoms with Crippen molar-refractivity contribution in [3.05, 3.63) is 141 Å². The molecule has 1 unspecified atom stereocenters. The van der Waals surface area contributed by atoms with Gasteiger partial charge in [0.1, 0.15) is 23.7 Å². The van der Waals surface area contributed by atoms with E-state index in [-0.39, 0.29) is 22.9 Å². The van der Waals surface area contributed by atoms with Gasteiger partial charge < -0.3 is 44.9 Å². The zero-order valence-corrected chi connectivity index (χ0v) is 33.8. The van der Waals surface area contributed by atoms with E-state index >= 15 is 0 Å². The van der Waals surface area contributed by atoms with Gasteiger partial charge in [-0.25, -0.2) is 9.59 Å². The van der Waals surface area contributed by atoms with Crippen molar-refractivity contribution in [3.8, 4) is 11.5 Å². The van der Waals surface area contributed by atoms with E-state index in [1.54, 1.807) is 24.3 Å². The Morgan fingerprint density at radius 1 is 0.833 bits per heavy atom. The number of aromatic nitrogens is 1. The van der Waals surface area contributed by atoms with E-state index < -0.39 is 18.2 Å². The number of phenolic OH excluding ortho intramolecular Hbond substituents is 1. The fourth-order valence-electron chi connectivity index (χ4n) is 8.95. The van der Waals surface area contributed by atoms with Gasteiger partial charge in [0.05, 0.1) is 29.8 Å². The normalized spacial score (nSPS) is 22.1. The smallest absolute Gasteiger partial charge is 0.408 e. The van der Waals surface area contributed by atoms with Crippen LogP contribution >= 0.6 is 0 Å². The van der Waals surface area contributed by atoms with Crippen molar-refractivity contribution in [1.29, 1.82) is 0 Å². The van der Waals surface area contributed by atoms with Crippen LogP contribution in [0.4, 0.5) is 4.79 Å². The lowest BCUT2D eigenvalue weighted by atomic mass is 9.82. The van der Waals surface area contributed by atoms with E-state index in [1.807, 2.05) is 66.7 Å². The molecule has 5 aromatic rings. The van der Waals surface area contributed by atoms with Gasteiger partial charge in [-0.3, -0.25) is 4.79 Å². The summed E-state index contributed by atoms with van der Waals surface area (Å²) in [7, 11) is 0. The molecule has 4 aliphatic rings. The molecule has 12 nitrogen and oxygen atoms in total. The van der Waals surface area contributed by atoms with Crippen molar-refractivity contribution in [3.63, 3.8) is 0 Å². The number of nitrogens with zero attached hydrogens (tertiary/aromatic N) is 1. The molecule has 1 amide bonds. The van der Waals surface area contributed by atoms with E-state index in [0.717, 1.165) is 87.8 Å². The quantitative estimate of drug-likeness (QED) is 0.0687. The maximum Gasteiger partial charge on any atom is 0.408 e. The summed E-state index contributed by atoms with van der Waals surface area (Å²) in [5.74, 6) is 1.05. The zero-order chi connectivity index (χ0) is 41.5. The minimum atomic E-state index is -0.797. The number of esters is 1. The third-order valence-corrected chi connectivity index (χ3v) is 12.6. The van der Waals surface area contributed by atoms with Gasteiger partial charge in [-0.1, -0.05) is 60.7 Å². The number of H-pyrrole nitrogens is 1. The Morgan fingerprint density at radius 2 is 1.55 bits per heavy atom. The molecular formula is C48H54N4O8. The number of carbonyl (C=O) groups excluding carboxylic acids is 2. The first kappa shape index (κ1) is 41.1. The summed E-state index contributed by atoms with van der Waals surface area (Å²) in [6.45, 7) is 4.70. The fourth-order valence-corrected chi connectivity index (χ4v) is 8.95. The summed E-state index contributed by atoms with van der Waals surface area (Å²) in [5, 5.41) is 28.2. The summed E-state index contributed by atoms with van der Waals surface area (Å²) in [5.41, 5.74) is 3.49. The number of benzene rings is 4. The zero-order valence-electron chi connectivity index (χ0n) is 33.8. The van der Waals surface area contributed by atoms with Crippen molar-refractivity contribution in [1.82, 2.24) is 20.5 Å². The van der Waals surface area contributed by atoms with E-state index in [2.05, 4.69) is 20.5 Å². The van der Waals surface area contributed by atoms with Crippen molar-refractivity contribution >= 4 is 23.0 Å². The lowest BCUT2D eigenvalue weighted by Crippen LogP contribution is -2.55. The standard InChI is InChI=1S/C48H54N4O8/c53-41-19-17-39(40-18-20-43(55)50-45(40)41)42(54)29-49-28-32-9-11-33(12-10-32)31-59-46(56)36-15-13-34(14-16-36)30-58-38-8-4-7-37(27-38)44(35-5-2-1-3-6-35)51-47(57)60-48-21-24-52(25-22-48)26-23-48/h1-8,13-20,27,32-33,42,44,49,53-54H,9-12,21-26,28-31H2,(H,50,55)(H,51,57)/t32?,33?,42-,44?/m0/s1. The molecule has 5 N–H and O–H groups in total. The highest BCUT2D eigenvalue weighted by Crippen LogP contribution is 2.36. The molecule has 3 aliphatic heterocycles. The SMILES string of the molecule is O=C(NC(c1ccccc1)c1cccc(OCc2ccc(C(=O)OCC3CCC(CNC[C@H](O)c4ccc(O)c5[nH]c(=O)ccc45)CC3)cc2)c1)OC12CCN(CC1)CC2. The molecule has 4 fully saturated rings. The van der Waals surface area contributed by atoms with Gasteiger partial charge in [-0.2, -0.15) is 0 Å². The molecule has 1 saturated carbocycles. The number of piperidine rings is 3. The second-order valence-corrected chi connectivity index (χ2v) is 16.7. The number of aliphatic hydroxyl groups is 1. The molecule has 2 bridgehead atoms. The Bertz CT molecular complexity index is 2290. The second kappa shape index (κ2) is 18.7. The molecule has 9 rings (SSSR count). The summed E-state index contributed by atoms with van der Waals surface area (Å²) in [6, 6.07) is 30.7. The van der Waals surface area contributed by atoms with Crippen LogP contribution in [0.3, 0.4) is 0 Å². The van der Waals surface area contributed by atoms with Crippen molar-refractivity contribution in [2.45, 2.75) is 69.3 Å². The molecule has 2 atom stereocenters. The first-order valence-electron chi connectivity index (χ1n) is 21.2. The molecule has 314 valence electrons. The van der Waals surface area contributed by atoms with E-state index in [4.69, 9.17) is 14.2 Å². The number of amides is 1. The van der Waals surface area contributed by atoms with E-state index in [9.17, 15) is 24.6 Å². The monoisotopic (exact) mass is 814 g/mol. The van der Waals surface area contributed by atoms with Crippen LogP contribution in [0.25, 0.3) is 10.9 Å². The number of hydrogen-bond acceptors (Lipinski definition) is 10. The number of aromatic hydroxyl groups is 1. The number of hydrogen-bond donors (Lipinski definition) is 5. The Hall–Kier alpha value is -5.69. The van der Waals surface area contributed by atoms with Gasteiger partial charge in [-0.15, -0.1) is 0 Å². The molecule has 4 heterocycles. The number of phenols is 1. The molecular weight excluding hydrogens is 761 g/mol. The summed E-state index contributed by atoms with van der Waals surface area (Å²) >= 11 is 0. The van der Waals surface area contributed by atoms with E-state index in [1.165, 1.54) is 12.1 Å². The lowest BCUT2D eigenvalue weighted by molar-refractivity contribution is -0.0789. The number of alkyl carbamates (subject to hydrolysis) is 1. The van der Waals surface area contributed by atoms with Crippen LogP contribution in [0.5, 0.6) is 11.5 Å². The van der Waals surface area contributed by atoms with Crippen LogP contribution in [0, 0.1) is 11.8 Å². The number of nitrogens with one attached hydrogen (secondary N) is 3. The molecule has 1 aliphatic carbocycles. The van der Waals surface area contributed by atoms with Crippen LogP contribution in [-0.2, 0) is 16.1 Å². The predicted molar refractivity (Wildman–Crippen MR) is 228 cm³/mol. The van der Waals surface area contributed by atoms with Crippen LogP contribution in [-0.4, -0.2) is 77.1 Å². The molecule has 4 aromatic carbocycles. The maximum absolute atomic E-state index is 13.3. The van der Waals surface area contributed by atoms with Gasteiger partial charge in [0.15, 0.2) is 0 Å². The predicted octanol–water partition coefficient (Wildman–Crippen LogP) is 7.15. The highest BCUT2D eigenvalue weighted by Gasteiger charge is 2.43. The maximum atomic E-state index is 13.3. The second-order valence-electron chi connectivity index (χ2n) is 16.7. The molecule has 60 heavy (non-hydrogen) atoms. The van der Waals surface area contributed by atoms with Gasteiger partial charge in [0, 0.05) is 56.9 Å². The number of aliphatic hydroxyl groups excluding tert-OH is 1. The minimum Gasteiger partial charge on any atom is -0.506 e. The third kappa shape index (κ3) is 10.0. The average molecular weight is 815 g/mol. The number of fused-ring (bicyclic) bond motifs is 4. The summed E-state index contributed by atoms with van der Waals surface area (Å²) in [6.07, 6.45) is 5.33. The molecule has 12 heteroatoms. The average Bonchev–Trinajstić information content (AvgIpc) is 3.28. The highest BCUT2D eigenvalue weighted by molar-refractivity contribution is 5.89. The molecule has 0 radical (unpaired) electrons. The molecule has 1 aromatic heterocycles. The first-order chi connectivity index (χ1) is 29.2. The van der Waals surface area contributed by atoms with Crippen LogP contribution in [0.1, 0.15) is 89.7 Å². The molecule has 0 spiro atoms. The lowest BCUT2D eigenvalue weighted by Gasteiger charge is -2.47. The van der Waals surface area contributed by atoms with Gasteiger partial charge in [-0.05, 0) is 103 Å². The Labute approximate surface area is 349 Å². The van der Waals surface area contributed by atoms with Crippen LogP contribution < -0.4 is 20.9 Å². The minimum absolute atomic E-state index is 0.0319. The van der Waals surface area contributed by atoms with E-state index in [0.29, 0.717) is 59.4 Å². The van der Waals surface area contributed by atoms with Crippen molar-refractivity contribution in [2.24, 2.45) is 11.8 Å². The van der Waals surface area contributed by atoms with Crippen molar-refractivity contribution < 1.29 is 34.0 Å².